The minimum atomic E-state index is -0.711. The fourth-order valence-corrected chi connectivity index (χ4v) is 6.54. The van der Waals surface area contributed by atoms with E-state index in [1.165, 1.54) is 6.07 Å². The molecule has 2 aliphatic rings. The lowest BCUT2D eigenvalue weighted by Gasteiger charge is -2.34. The van der Waals surface area contributed by atoms with Gasteiger partial charge in [-0.05, 0) is 88.3 Å². The largest absolute Gasteiger partial charge is 0.381 e. The Kier molecular flexibility index (Phi) is 6.66. The van der Waals surface area contributed by atoms with E-state index in [4.69, 9.17) is 25.8 Å². The summed E-state index contributed by atoms with van der Waals surface area (Å²) in [4.78, 5) is 7.14. The zero-order valence-corrected chi connectivity index (χ0v) is 22.6. The van der Waals surface area contributed by atoms with Gasteiger partial charge >= 0.3 is 0 Å². The number of hydrogen-bond donors (Lipinski definition) is 1. The van der Waals surface area contributed by atoms with E-state index in [1.54, 1.807) is 19.2 Å². The van der Waals surface area contributed by atoms with Crippen molar-refractivity contribution in [3.05, 3.63) is 64.5 Å². The molecule has 4 aromatic rings. The van der Waals surface area contributed by atoms with Crippen molar-refractivity contribution in [2.45, 2.75) is 76.8 Å². The number of ether oxygens (including phenoxy) is 1. The quantitative estimate of drug-likeness (QED) is 0.298. The molecule has 0 amide bonds. The zero-order chi connectivity index (χ0) is 26.6. The van der Waals surface area contributed by atoms with Crippen LogP contribution >= 0.6 is 11.6 Å². The Morgan fingerprint density at radius 3 is 2.53 bits per heavy atom. The van der Waals surface area contributed by atoms with E-state index in [2.05, 4.69) is 27.9 Å². The maximum absolute atomic E-state index is 14.0. The van der Waals surface area contributed by atoms with Crippen molar-refractivity contribution in [2.24, 2.45) is 0 Å². The number of fused-ring (bicyclic) bond motifs is 1. The highest BCUT2D eigenvalue weighted by Crippen LogP contribution is 2.44. The second-order valence-electron chi connectivity index (χ2n) is 10.5. The Morgan fingerprint density at radius 2 is 1.84 bits per heavy atom. The molecule has 2 aromatic carbocycles. The summed E-state index contributed by atoms with van der Waals surface area (Å²) in [7, 11) is 1.78. The fourth-order valence-electron chi connectivity index (χ4n) is 6.37. The highest BCUT2D eigenvalue weighted by Gasteiger charge is 2.38. The number of aliphatic hydroxyl groups is 1. The molecule has 7 nitrogen and oxygen atoms in total. The lowest BCUT2D eigenvalue weighted by atomic mass is 9.92. The Labute approximate surface area is 226 Å². The molecule has 1 N–H and O–H groups in total. The third kappa shape index (κ3) is 4.28. The van der Waals surface area contributed by atoms with E-state index in [-0.39, 0.29) is 23.2 Å². The van der Waals surface area contributed by atoms with E-state index in [0.29, 0.717) is 12.1 Å². The summed E-state index contributed by atoms with van der Waals surface area (Å²) in [6, 6.07) is 11.1. The number of hydrogen-bond acceptors (Lipinski definition) is 6. The molecular weight excluding hydrogens is 507 g/mol. The van der Waals surface area contributed by atoms with Crippen molar-refractivity contribution < 1.29 is 18.8 Å². The molecule has 1 aliphatic carbocycles. The Bertz CT molecular complexity index is 1460. The lowest BCUT2D eigenvalue weighted by molar-refractivity contribution is 0.0584. The molecule has 0 radical (unpaired) electrons. The molecule has 2 aromatic heterocycles. The van der Waals surface area contributed by atoms with Gasteiger partial charge in [0.05, 0.1) is 33.9 Å². The van der Waals surface area contributed by atoms with Crippen molar-refractivity contribution in [2.75, 3.05) is 12.0 Å². The zero-order valence-electron chi connectivity index (χ0n) is 21.8. The third-order valence-corrected chi connectivity index (χ3v) is 8.53. The Morgan fingerprint density at radius 1 is 1.05 bits per heavy atom. The van der Waals surface area contributed by atoms with Crippen LogP contribution < -0.4 is 4.90 Å². The average molecular weight is 539 g/mol. The predicted octanol–water partition coefficient (Wildman–Crippen LogP) is 6.89. The van der Waals surface area contributed by atoms with E-state index < -0.39 is 12.0 Å². The first-order valence-corrected chi connectivity index (χ1v) is 13.6. The summed E-state index contributed by atoms with van der Waals surface area (Å²) in [6.07, 6.45) is 4.83. The number of aliphatic hydroxyl groups excluding tert-OH is 1. The fraction of sp³-hybridized carbons (Fsp3) is 0.448. The molecule has 2 atom stereocenters. The van der Waals surface area contributed by atoms with Crippen LogP contribution in [0.25, 0.3) is 22.2 Å². The molecule has 1 saturated carbocycles. The second-order valence-corrected chi connectivity index (χ2v) is 10.9. The molecule has 1 saturated heterocycles. The summed E-state index contributed by atoms with van der Waals surface area (Å²) in [5.41, 5.74) is 5.49. The Hall–Kier alpha value is -2.94. The minimum Gasteiger partial charge on any atom is -0.381 e. The number of methoxy groups -OCH3 is 1. The number of benzene rings is 2. The van der Waals surface area contributed by atoms with Crippen molar-refractivity contribution in [1.82, 2.24) is 14.7 Å². The maximum atomic E-state index is 14.0. The smallest absolute Gasteiger partial charge is 0.141 e. The van der Waals surface area contributed by atoms with Crippen LogP contribution in [0.5, 0.6) is 0 Å². The van der Waals surface area contributed by atoms with Crippen LogP contribution in [0, 0.1) is 19.7 Å². The predicted molar refractivity (Wildman–Crippen MR) is 145 cm³/mol. The van der Waals surface area contributed by atoms with Crippen molar-refractivity contribution in [3.63, 3.8) is 0 Å². The summed E-state index contributed by atoms with van der Waals surface area (Å²) in [6.45, 7) is 3.86. The minimum absolute atomic E-state index is 0.0378. The SMILES string of the molecule is COC1CCC(n2c([C@@H]3CCC(O)N3c3ccc(F)c(Cl)c3)nc3cc(-c4c(C)noc4C)ccc32)CC1. The molecule has 200 valence electrons. The molecule has 3 heterocycles. The van der Waals surface area contributed by atoms with E-state index in [0.717, 1.165) is 71.5 Å². The molecule has 38 heavy (non-hydrogen) atoms. The van der Waals surface area contributed by atoms with Gasteiger partial charge in [0.25, 0.3) is 0 Å². The molecule has 0 bridgehead atoms. The highest BCUT2D eigenvalue weighted by molar-refractivity contribution is 6.31. The molecule has 1 aliphatic heterocycles. The van der Waals surface area contributed by atoms with Gasteiger partial charge in [-0.1, -0.05) is 22.8 Å². The van der Waals surface area contributed by atoms with Crippen LogP contribution in [0.1, 0.15) is 67.9 Å². The van der Waals surface area contributed by atoms with Crippen LogP contribution in [0.2, 0.25) is 5.02 Å². The lowest BCUT2D eigenvalue weighted by Crippen LogP contribution is -2.33. The van der Waals surface area contributed by atoms with Gasteiger partial charge in [0.1, 0.15) is 23.6 Å². The monoisotopic (exact) mass is 538 g/mol. The van der Waals surface area contributed by atoms with Gasteiger partial charge in [0.2, 0.25) is 0 Å². The van der Waals surface area contributed by atoms with Gasteiger partial charge < -0.3 is 23.8 Å². The molecule has 2 fully saturated rings. The standard InChI is InChI=1S/C29H32ClFN4O3/c1-16-28(17(2)38-33-16)18-4-11-25-24(14-18)32-29(35(25)19-5-8-21(37-3)9-6-19)26-12-13-27(36)34(26)20-7-10-23(31)22(30)15-20/h4,7,10-11,14-15,19,21,26-27,36H,5-6,8-9,12-13H2,1-3H3/t19?,21?,26-,27?/m0/s1. The summed E-state index contributed by atoms with van der Waals surface area (Å²) in [5.74, 6) is 1.21. The first kappa shape index (κ1) is 25.3. The average Bonchev–Trinajstić information content (AvgIpc) is 3.59. The molecule has 9 heteroatoms. The van der Waals surface area contributed by atoms with Gasteiger partial charge in [-0.3, -0.25) is 0 Å². The van der Waals surface area contributed by atoms with Gasteiger partial charge in [-0.2, -0.15) is 0 Å². The number of rotatable bonds is 5. The number of aromatic nitrogens is 3. The first-order valence-electron chi connectivity index (χ1n) is 13.2. The summed E-state index contributed by atoms with van der Waals surface area (Å²) >= 11 is 6.14. The van der Waals surface area contributed by atoms with Crippen LogP contribution in [-0.2, 0) is 4.74 Å². The number of anilines is 1. The molecule has 0 spiro atoms. The van der Waals surface area contributed by atoms with Gasteiger partial charge in [-0.25, -0.2) is 9.37 Å². The van der Waals surface area contributed by atoms with Crippen molar-refractivity contribution >= 4 is 28.3 Å². The molecule has 1 unspecified atom stereocenters. The first-order chi connectivity index (χ1) is 18.4. The number of imidazole rings is 1. The number of halogens is 2. The van der Waals surface area contributed by atoms with Gasteiger partial charge in [0.15, 0.2) is 0 Å². The highest BCUT2D eigenvalue weighted by atomic mass is 35.5. The van der Waals surface area contributed by atoms with Gasteiger partial charge in [-0.15, -0.1) is 0 Å². The molecule has 6 rings (SSSR count). The Balaban J connectivity index is 1.48. The van der Waals surface area contributed by atoms with Crippen LogP contribution in [0.3, 0.4) is 0 Å². The van der Waals surface area contributed by atoms with Crippen LogP contribution in [-0.4, -0.2) is 39.3 Å². The van der Waals surface area contributed by atoms with E-state index >= 15 is 0 Å². The maximum Gasteiger partial charge on any atom is 0.141 e. The van der Waals surface area contributed by atoms with E-state index in [9.17, 15) is 9.50 Å². The van der Waals surface area contributed by atoms with Crippen molar-refractivity contribution in [1.29, 1.82) is 0 Å². The summed E-state index contributed by atoms with van der Waals surface area (Å²) in [5, 5.41) is 15.2. The molecular formula is C29H32ClFN4O3. The normalized spacial score (nSPS) is 24.0. The van der Waals surface area contributed by atoms with Gasteiger partial charge in [0, 0.05) is 24.4 Å². The topological polar surface area (TPSA) is 76.6 Å². The van der Waals surface area contributed by atoms with Crippen LogP contribution in [0.4, 0.5) is 10.1 Å². The number of nitrogens with zero attached hydrogens (tertiary/aromatic N) is 4. The van der Waals surface area contributed by atoms with Crippen molar-refractivity contribution in [3.8, 4) is 11.1 Å². The van der Waals surface area contributed by atoms with Crippen LogP contribution in [0.15, 0.2) is 40.9 Å². The van der Waals surface area contributed by atoms with E-state index in [1.807, 2.05) is 18.7 Å². The second kappa shape index (κ2) is 9.98. The number of aryl methyl sites for hydroxylation is 2. The third-order valence-electron chi connectivity index (χ3n) is 8.24. The summed E-state index contributed by atoms with van der Waals surface area (Å²) < 4.78 is 27.4.